The smallest absolute Gasteiger partial charge is 0.255 e. The summed E-state index contributed by atoms with van der Waals surface area (Å²) in [7, 11) is 4.17. The zero-order valence-electron chi connectivity index (χ0n) is 14.4. The molecule has 126 valence electrons. The van der Waals surface area contributed by atoms with Crippen molar-refractivity contribution in [2.45, 2.75) is 44.3 Å². The largest absolute Gasteiger partial charge is 0.369 e. The van der Waals surface area contributed by atoms with Gasteiger partial charge in [-0.3, -0.25) is 9.78 Å². The van der Waals surface area contributed by atoms with E-state index in [4.69, 9.17) is 4.74 Å². The molecule has 1 amide bonds. The van der Waals surface area contributed by atoms with Crippen LogP contribution in [0.1, 0.15) is 41.6 Å². The first-order valence-electron chi connectivity index (χ1n) is 8.51. The highest BCUT2D eigenvalue weighted by molar-refractivity contribution is 5.94. The summed E-state index contributed by atoms with van der Waals surface area (Å²) in [4.78, 5) is 21.0. The average Bonchev–Trinajstić information content (AvgIpc) is 2.89. The molecule has 23 heavy (non-hydrogen) atoms. The summed E-state index contributed by atoms with van der Waals surface area (Å²) < 4.78 is 6.43. The molecule has 0 N–H and O–H groups in total. The number of likely N-dealkylation sites (tertiary alicyclic amines) is 1. The molecule has 0 aromatic carbocycles. The highest BCUT2D eigenvalue weighted by atomic mass is 16.5. The average molecular weight is 317 g/mol. The predicted octanol–water partition coefficient (Wildman–Crippen LogP) is 2.11. The van der Waals surface area contributed by atoms with Crippen molar-refractivity contribution >= 4 is 5.91 Å². The monoisotopic (exact) mass is 317 g/mol. The Bertz CT molecular complexity index is 575. The lowest BCUT2D eigenvalue weighted by atomic mass is 9.90. The molecule has 0 aliphatic carbocycles. The van der Waals surface area contributed by atoms with E-state index in [0.717, 1.165) is 37.9 Å². The lowest BCUT2D eigenvalue weighted by Gasteiger charge is -2.39. The number of carbonyl (C=O) groups is 1. The minimum Gasteiger partial charge on any atom is -0.369 e. The first kappa shape index (κ1) is 16.4. The van der Waals surface area contributed by atoms with E-state index in [2.05, 4.69) is 24.0 Å². The number of nitrogens with zero attached hydrogens (tertiary/aromatic N) is 3. The normalized spacial score (nSPS) is 27.8. The summed E-state index contributed by atoms with van der Waals surface area (Å²) in [6.45, 7) is 4.41. The van der Waals surface area contributed by atoms with E-state index >= 15 is 0 Å². The van der Waals surface area contributed by atoms with E-state index in [1.807, 2.05) is 17.9 Å². The van der Waals surface area contributed by atoms with E-state index in [9.17, 15) is 4.79 Å². The third kappa shape index (κ3) is 3.72. The van der Waals surface area contributed by atoms with Crippen LogP contribution in [-0.2, 0) is 4.74 Å². The van der Waals surface area contributed by atoms with Gasteiger partial charge in [0, 0.05) is 25.5 Å². The lowest BCUT2D eigenvalue weighted by Crippen LogP contribution is -2.46. The van der Waals surface area contributed by atoms with Gasteiger partial charge in [-0.2, -0.15) is 0 Å². The van der Waals surface area contributed by atoms with Crippen LogP contribution in [0.2, 0.25) is 0 Å². The van der Waals surface area contributed by atoms with Crippen LogP contribution in [0.15, 0.2) is 18.5 Å². The number of aromatic nitrogens is 1. The number of amides is 1. The van der Waals surface area contributed by atoms with Gasteiger partial charge >= 0.3 is 0 Å². The molecule has 2 aliphatic heterocycles. The Balaban J connectivity index is 1.66. The fourth-order valence-electron chi connectivity index (χ4n) is 3.83. The second-order valence-corrected chi connectivity index (χ2v) is 7.31. The van der Waals surface area contributed by atoms with Crippen molar-refractivity contribution < 1.29 is 9.53 Å². The molecular formula is C18H27N3O2. The Morgan fingerprint density at radius 1 is 1.43 bits per heavy atom. The number of rotatable bonds is 3. The molecule has 3 rings (SSSR count). The molecule has 0 saturated carbocycles. The molecule has 0 bridgehead atoms. The van der Waals surface area contributed by atoms with Crippen LogP contribution in [0.3, 0.4) is 0 Å². The standard InChI is InChI=1S/C18H27N3O2/c1-14-9-15(11-19-10-14)17(22)21-8-7-18(13-21)6-4-5-16(23-18)12-20(2)3/h9-11,16H,4-8,12-13H2,1-3H3/t16-,18-/m1/s1. The van der Waals surface area contributed by atoms with E-state index in [0.29, 0.717) is 12.1 Å². The maximum absolute atomic E-state index is 12.7. The Hall–Kier alpha value is -1.46. The van der Waals surface area contributed by atoms with Crippen LogP contribution >= 0.6 is 0 Å². The number of ether oxygens (including phenoxy) is 1. The minimum atomic E-state index is -0.133. The molecule has 5 heteroatoms. The minimum absolute atomic E-state index is 0.0800. The maximum Gasteiger partial charge on any atom is 0.255 e. The van der Waals surface area contributed by atoms with Crippen molar-refractivity contribution in [3.05, 3.63) is 29.6 Å². The van der Waals surface area contributed by atoms with Crippen molar-refractivity contribution in [2.75, 3.05) is 33.7 Å². The summed E-state index contributed by atoms with van der Waals surface area (Å²) in [6.07, 6.45) is 8.04. The van der Waals surface area contributed by atoms with Gasteiger partial charge in [0.05, 0.1) is 23.8 Å². The lowest BCUT2D eigenvalue weighted by molar-refractivity contribution is -0.124. The number of carbonyl (C=O) groups excluding carboxylic acids is 1. The second-order valence-electron chi connectivity index (χ2n) is 7.31. The molecule has 2 aliphatic rings. The number of pyridine rings is 1. The van der Waals surface area contributed by atoms with Crippen LogP contribution < -0.4 is 0 Å². The highest BCUT2D eigenvalue weighted by Gasteiger charge is 2.44. The topological polar surface area (TPSA) is 45.7 Å². The summed E-state index contributed by atoms with van der Waals surface area (Å²) in [6, 6.07) is 1.91. The number of aryl methyl sites for hydroxylation is 1. The van der Waals surface area contributed by atoms with Crippen LogP contribution in [-0.4, -0.2) is 66.1 Å². The van der Waals surface area contributed by atoms with E-state index in [-0.39, 0.29) is 17.6 Å². The molecule has 1 aromatic rings. The van der Waals surface area contributed by atoms with Gasteiger partial charge in [-0.25, -0.2) is 0 Å². The third-order valence-electron chi connectivity index (χ3n) is 4.87. The van der Waals surface area contributed by atoms with Gasteiger partial charge in [0.2, 0.25) is 0 Å². The molecule has 5 nitrogen and oxygen atoms in total. The highest BCUT2D eigenvalue weighted by Crippen LogP contribution is 2.37. The van der Waals surface area contributed by atoms with Crippen LogP contribution in [0.25, 0.3) is 0 Å². The van der Waals surface area contributed by atoms with Gasteiger partial charge in [0.25, 0.3) is 5.91 Å². The molecule has 0 unspecified atom stereocenters. The Labute approximate surface area is 138 Å². The first-order chi connectivity index (χ1) is 11.0. The predicted molar refractivity (Wildman–Crippen MR) is 89.5 cm³/mol. The van der Waals surface area contributed by atoms with Gasteiger partial charge < -0.3 is 14.5 Å². The fourth-order valence-corrected chi connectivity index (χ4v) is 3.83. The van der Waals surface area contributed by atoms with E-state index in [1.165, 1.54) is 6.42 Å². The molecule has 2 saturated heterocycles. The zero-order valence-corrected chi connectivity index (χ0v) is 14.4. The SMILES string of the molecule is Cc1cncc(C(=O)N2CC[C@]3(CCC[C@H](CN(C)C)O3)C2)c1. The van der Waals surface area contributed by atoms with Crippen molar-refractivity contribution in [1.29, 1.82) is 0 Å². The maximum atomic E-state index is 12.7. The molecular weight excluding hydrogens is 290 g/mol. The van der Waals surface area contributed by atoms with Crippen LogP contribution in [0, 0.1) is 6.92 Å². The van der Waals surface area contributed by atoms with Crippen molar-refractivity contribution in [3.63, 3.8) is 0 Å². The van der Waals surface area contributed by atoms with Gasteiger partial charge in [-0.05, 0) is 58.3 Å². The summed E-state index contributed by atoms with van der Waals surface area (Å²) >= 11 is 0. The van der Waals surface area contributed by atoms with Crippen LogP contribution in [0.4, 0.5) is 0 Å². The molecule has 1 spiro atoms. The molecule has 0 radical (unpaired) electrons. The zero-order chi connectivity index (χ0) is 16.4. The summed E-state index contributed by atoms with van der Waals surface area (Å²) in [5.74, 6) is 0.0800. The number of hydrogen-bond donors (Lipinski definition) is 0. The van der Waals surface area contributed by atoms with Crippen LogP contribution in [0.5, 0.6) is 0 Å². The number of hydrogen-bond acceptors (Lipinski definition) is 4. The Morgan fingerprint density at radius 3 is 3.00 bits per heavy atom. The van der Waals surface area contributed by atoms with Crippen molar-refractivity contribution in [3.8, 4) is 0 Å². The third-order valence-corrected chi connectivity index (χ3v) is 4.87. The van der Waals surface area contributed by atoms with Crippen molar-refractivity contribution in [1.82, 2.24) is 14.8 Å². The summed E-state index contributed by atoms with van der Waals surface area (Å²) in [5, 5.41) is 0. The van der Waals surface area contributed by atoms with Gasteiger partial charge in [0.1, 0.15) is 0 Å². The fraction of sp³-hybridized carbons (Fsp3) is 0.667. The Morgan fingerprint density at radius 2 is 2.26 bits per heavy atom. The molecule has 1 aromatic heterocycles. The quantitative estimate of drug-likeness (QED) is 0.856. The van der Waals surface area contributed by atoms with Crippen molar-refractivity contribution in [2.24, 2.45) is 0 Å². The molecule has 2 atom stereocenters. The van der Waals surface area contributed by atoms with Gasteiger partial charge in [-0.1, -0.05) is 0 Å². The first-order valence-corrected chi connectivity index (χ1v) is 8.51. The van der Waals surface area contributed by atoms with E-state index < -0.39 is 0 Å². The molecule has 3 heterocycles. The Kier molecular flexibility index (Phi) is 4.69. The van der Waals surface area contributed by atoms with Gasteiger partial charge in [-0.15, -0.1) is 0 Å². The summed E-state index contributed by atoms with van der Waals surface area (Å²) in [5.41, 5.74) is 1.57. The van der Waals surface area contributed by atoms with Gasteiger partial charge in [0.15, 0.2) is 0 Å². The molecule has 2 fully saturated rings. The van der Waals surface area contributed by atoms with E-state index in [1.54, 1.807) is 12.4 Å². The second kappa shape index (κ2) is 6.57. The number of likely N-dealkylation sites (N-methyl/N-ethyl adjacent to an activating group) is 1.